The second-order valence-electron chi connectivity index (χ2n) is 9.26. The van der Waals surface area contributed by atoms with Crippen molar-refractivity contribution in [3.05, 3.63) is 0 Å². The SMILES string of the molecule is CN(C[C@@H]1CN([S@+]([O-])C(C)(C)C)[C@@H]1C1CCC1)C(=O)OC(C)(C)C. The Balaban J connectivity index is 1.97. The van der Waals surface area contributed by atoms with E-state index >= 15 is 0 Å². The molecule has 0 aromatic rings. The van der Waals surface area contributed by atoms with E-state index in [1.807, 2.05) is 41.5 Å². The lowest BCUT2D eigenvalue weighted by molar-refractivity contribution is -0.0114. The maximum absolute atomic E-state index is 12.8. The summed E-state index contributed by atoms with van der Waals surface area (Å²) in [6.07, 6.45) is 3.43. The number of hydrogen-bond acceptors (Lipinski definition) is 4. The van der Waals surface area contributed by atoms with Crippen LogP contribution >= 0.6 is 0 Å². The van der Waals surface area contributed by atoms with Crippen LogP contribution in [0.2, 0.25) is 0 Å². The van der Waals surface area contributed by atoms with E-state index in [2.05, 4.69) is 4.31 Å². The lowest BCUT2D eigenvalue weighted by Crippen LogP contribution is -2.67. The molecule has 1 aliphatic carbocycles. The van der Waals surface area contributed by atoms with E-state index in [9.17, 15) is 9.35 Å². The zero-order chi connectivity index (χ0) is 18.3. The van der Waals surface area contributed by atoms with Crippen molar-refractivity contribution in [3.8, 4) is 0 Å². The molecule has 6 heteroatoms. The molecule has 2 fully saturated rings. The molecule has 2 aliphatic rings. The van der Waals surface area contributed by atoms with Crippen LogP contribution in [0.5, 0.6) is 0 Å². The Morgan fingerprint density at radius 2 is 1.83 bits per heavy atom. The maximum Gasteiger partial charge on any atom is 0.410 e. The predicted molar refractivity (Wildman–Crippen MR) is 98.1 cm³/mol. The molecular weight excluding hydrogens is 324 g/mol. The normalized spacial score (nSPS) is 27.2. The zero-order valence-corrected chi connectivity index (χ0v) is 17.1. The summed E-state index contributed by atoms with van der Waals surface area (Å²) in [5, 5.41) is 0. The minimum absolute atomic E-state index is 0.232. The summed E-state index contributed by atoms with van der Waals surface area (Å²) in [6, 6.07) is 0.337. The first-order chi connectivity index (χ1) is 10.9. The van der Waals surface area contributed by atoms with E-state index < -0.39 is 17.0 Å². The van der Waals surface area contributed by atoms with Gasteiger partial charge in [0.05, 0.1) is 12.6 Å². The van der Waals surface area contributed by atoms with Gasteiger partial charge in [-0.05, 0) is 60.3 Å². The molecule has 1 amide bonds. The fourth-order valence-electron chi connectivity index (χ4n) is 3.42. The Bertz CT molecular complexity index is 454. The Hall–Kier alpha value is -0.460. The van der Waals surface area contributed by atoms with E-state index in [1.54, 1.807) is 11.9 Å². The van der Waals surface area contributed by atoms with Crippen molar-refractivity contribution in [2.24, 2.45) is 11.8 Å². The first-order valence-electron chi connectivity index (χ1n) is 9.03. The van der Waals surface area contributed by atoms with Gasteiger partial charge < -0.3 is 14.2 Å². The van der Waals surface area contributed by atoms with Gasteiger partial charge in [-0.25, -0.2) is 4.79 Å². The zero-order valence-electron chi connectivity index (χ0n) is 16.3. The van der Waals surface area contributed by atoms with Crippen molar-refractivity contribution in [3.63, 3.8) is 0 Å². The van der Waals surface area contributed by atoms with Crippen molar-refractivity contribution in [1.82, 2.24) is 9.21 Å². The van der Waals surface area contributed by atoms with Crippen LogP contribution < -0.4 is 0 Å². The monoisotopic (exact) mass is 358 g/mol. The summed E-state index contributed by atoms with van der Waals surface area (Å²) in [4.78, 5) is 13.9. The fourth-order valence-corrected chi connectivity index (χ4v) is 5.02. The van der Waals surface area contributed by atoms with Crippen LogP contribution in [0.1, 0.15) is 60.8 Å². The lowest BCUT2D eigenvalue weighted by atomic mass is 9.71. The van der Waals surface area contributed by atoms with Gasteiger partial charge >= 0.3 is 6.09 Å². The summed E-state index contributed by atoms with van der Waals surface area (Å²) in [5.74, 6) is 1.02. The van der Waals surface area contributed by atoms with Gasteiger partial charge in [0, 0.05) is 30.9 Å². The van der Waals surface area contributed by atoms with Crippen molar-refractivity contribution in [1.29, 1.82) is 0 Å². The molecule has 0 N–H and O–H groups in total. The van der Waals surface area contributed by atoms with Gasteiger partial charge in [0.2, 0.25) is 0 Å². The molecule has 1 heterocycles. The molecule has 0 bridgehead atoms. The highest BCUT2D eigenvalue weighted by Crippen LogP contribution is 2.44. The molecule has 5 nitrogen and oxygen atoms in total. The molecular formula is C18H34N2O3S. The molecule has 3 atom stereocenters. The number of rotatable bonds is 4. The number of ether oxygens (including phenoxy) is 1. The van der Waals surface area contributed by atoms with Crippen LogP contribution in [0.15, 0.2) is 0 Å². The topological polar surface area (TPSA) is 55.8 Å². The third-order valence-electron chi connectivity index (χ3n) is 4.81. The molecule has 0 unspecified atom stereocenters. The largest absolute Gasteiger partial charge is 0.597 e. The van der Waals surface area contributed by atoms with E-state index in [1.165, 1.54) is 19.3 Å². The Morgan fingerprint density at radius 1 is 1.25 bits per heavy atom. The van der Waals surface area contributed by atoms with Crippen molar-refractivity contribution >= 4 is 17.5 Å². The van der Waals surface area contributed by atoms with E-state index in [0.717, 1.165) is 6.54 Å². The second-order valence-corrected chi connectivity index (χ2v) is 11.5. The van der Waals surface area contributed by atoms with E-state index in [-0.39, 0.29) is 10.8 Å². The molecule has 140 valence electrons. The number of nitrogens with zero attached hydrogens (tertiary/aromatic N) is 2. The third kappa shape index (κ3) is 4.58. The van der Waals surface area contributed by atoms with Crippen LogP contribution in [0.25, 0.3) is 0 Å². The molecule has 1 saturated carbocycles. The molecule has 1 aliphatic heterocycles. The summed E-state index contributed by atoms with van der Waals surface area (Å²) in [5.41, 5.74) is -0.474. The number of amides is 1. The number of carbonyl (C=O) groups is 1. The third-order valence-corrected chi connectivity index (χ3v) is 6.68. The maximum atomic E-state index is 12.8. The molecule has 24 heavy (non-hydrogen) atoms. The average Bonchev–Trinajstić information content (AvgIpc) is 2.33. The highest BCUT2D eigenvalue weighted by molar-refractivity contribution is 7.90. The minimum atomic E-state index is -0.977. The molecule has 0 radical (unpaired) electrons. The quantitative estimate of drug-likeness (QED) is 0.723. The summed E-state index contributed by atoms with van der Waals surface area (Å²) in [7, 11) is 1.80. The van der Waals surface area contributed by atoms with Crippen LogP contribution in [-0.2, 0) is 16.1 Å². The van der Waals surface area contributed by atoms with Gasteiger partial charge in [-0.3, -0.25) is 0 Å². The highest BCUT2D eigenvalue weighted by Gasteiger charge is 2.54. The number of hydrogen-bond donors (Lipinski definition) is 0. The first kappa shape index (κ1) is 19.9. The van der Waals surface area contributed by atoms with Crippen molar-refractivity contribution < 1.29 is 14.1 Å². The van der Waals surface area contributed by atoms with Crippen LogP contribution in [0, 0.1) is 11.8 Å². The lowest BCUT2D eigenvalue weighted by Gasteiger charge is -2.54. The standard InChI is InChI=1S/C18H34N2O3S/c1-17(2,3)23-16(21)19(7)11-14-12-20(24(22)18(4,5)6)15(14)13-9-8-10-13/h13-15H,8-12H2,1-7H3/t14-,15-,24-/m1/s1. The van der Waals surface area contributed by atoms with Crippen LogP contribution in [0.4, 0.5) is 4.79 Å². The van der Waals surface area contributed by atoms with Crippen molar-refractivity contribution in [2.45, 2.75) is 77.2 Å². The minimum Gasteiger partial charge on any atom is -0.597 e. The summed E-state index contributed by atoms with van der Waals surface area (Å²) < 4.78 is 20.2. The van der Waals surface area contributed by atoms with Crippen molar-refractivity contribution in [2.75, 3.05) is 20.1 Å². The van der Waals surface area contributed by atoms with Gasteiger partial charge in [0.1, 0.15) is 10.3 Å². The average molecular weight is 359 g/mol. The first-order valence-corrected chi connectivity index (χ1v) is 10.1. The van der Waals surface area contributed by atoms with Gasteiger partial charge in [0.15, 0.2) is 0 Å². The van der Waals surface area contributed by atoms with Gasteiger partial charge in [-0.2, -0.15) is 0 Å². The molecule has 0 aromatic carbocycles. The smallest absolute Gasteiger partial charge is 0.410 e. The Labute approximate surface area is 150 Å². The highest BCUT2D eigenvalue weighted by atomic mass is 32.2. The molecule has 1 saturated heterocycles. The molecule has 0 aromatic heterocycles. The van der Waals surface area contributed by atoms with Crippen LogP contribution in [-0.4, -0.2) is 56.4 Å². The Kier molecular flexibility index (Phi) is 5.83. The second kappa shape index (κ2) is 7.04. The van der Waals surface area contributed by atoms with Gasteiger partial charge in [-0.1, -0.05) is 6.42 Å². The summed E-state index contributed by atoms with van der Waals surface area (Å²) >= 11 is -0.977. The van der Waals surface area contributed by atoms with Gasteiger partial charge in [0.25, 0.3) is 0 Å². The van der Waals surface area contributed by atoms with E-state index in [4.69, 9.17) is 4.74 Å². The van der Waals surface area contributed by atoms with Gasteiger partial charge in [-0.15, -0.1) is 4.31 Å². The van der Waals surface area contributed by atoms with E-state index in [0.29, 0.717) is 24.4 Å². The summed E-state index contributed by atoms with van der Waals surface area (Å²) in [6.45, 7) is 13.2. The number of carbonyl (C=O) groups excluding carboxylic acids is 1. The molecule has 2 rings (SSSR count). The van der Waals surface area contributed by atoms with Crippen LogP contribution in [0.3, 0.4) is 0 Å². The fraction of sp³-hybridized carbons (Fsp3) is 0.944. The molecule has 0 spiro atoms. The Morgan fingerprint density at radius 3 is 2.25 bits per heavy atom. The predicted octanol–water partition coefficient (Wildman–Crippen LogP) is 3.42.